The summed E-state index contributed by atoms with van der Waals surface area (Å²) >= 11 is 0. The fourth-order valence-electron chi connectivity index (χ4n) is 0.968. The maximum atomic E-state index is 5.21. The molecule has 0 fully saturated rings. The van der Waals surface area contributed by atoms with Crippen LogP contribution in [0.3, 0.4) is 0 Å². The number of rotatable bonds is 0. The Morgan fingerprint density at radius 1 is 1.55 bits per heavy atom. The minimum absolute atomic E-state index is 0.210. The molecule has 0 amide bonds. The first-order valence-electron chi connectivity index (χ1n) is 3.76. The van der Waals surface area contributed by atoms with Gasteiger partial charge in [0, 0.05) is 0 Å². The van der Waals surface area contributed by atoms with Crippen molar-refractivity contribution in [3.63, 3.8) is 0 Å². The molecule has 0 spiro atoms. The van der Waals surface area contributed by atoms with E-state index < -0.39 is 0 Å². The van der Waals surface area contributed by atoms with Gasteiger partial charge >= 0.3 is 0 Å². The number of terminal acetylenes is 1. The molecular weight excluding hydrogens is 134 g/mol. The summed E-state index contributed by atoms with van der Waals surface area (Å²) < 4.78 is 0. The zero-order chi connectivity index (χ0) is 8.48. The van der Waals surface area contributed by atoms with Gasteiger partial charge in [0.05, 0.1) is 6.54 Å². The fourth-order valence-corrected chi connectivity index (χ4v) is 0.968. The van der Waals surface area contributed by atoms with Gasteiger partial charge in [-0.25, -0.2) is 0 Å². The Morgan fingerprint density at radius 2 is 2.18 bits per heavy atom. The van der Waals surface area contributed by atoms with Crippen molar-refractivity contribution in [2.45, 2.75) is 20.8 Å². The van der Waals surface area contributed by atoms with E-state index in [1.165, 1.54) is 5.57 Å². The SMILES string of the molecule is C#CC1=NCC(C(C)(C)C)=C1. The van der Waals surface area contributed by atoms with Crippen LogP contribution in [0.4, 0.5) is 0 Å². The zero-order valence-electron chi connectivity index (χ0n) is 7.31. The number of hydrogen-bond acceptors (Lipinski definition) is 1. The van der Waals surface area contributed by atoms with Crippen LogP contribution >= 0.6 is 0 Å². The molecule has 1 aliphatic heterocycles. The summed E-state index contributed by atoms with van der Waals surface area (Å²) in [6.45, 7) is 7.30. The van der Waals surface area contributed by atoms with Gasteiger partial charge in [-0.05, 0) is 17.1 Å². The maximum absolute atomic E-state index is 5.21. The summed E-state index contributed by atoms with van der Waals surface area (Å²) in [5, 5.41) is 0. The summed E-state index contributed by atoms with van der Waals surface area (Å²) in [6.07, 6.45) is 7.23. The van der Waals surface area contributed by atoms with Crippen LogP contribution in [0.1, 0.15) is 20.8 Å². The zero-order valence-corrected chi connectivity index (χ0v) is 7.31. The minimum Gasteiger partial charge on any atom is -0.272 e. The van der Waals surface area contributed by atoms with Gasteiger partial charge in [0.2, 0.25) is 0 Å². The summed E-state index contributed by atoms with van der Waals surface area (Å²) in [5.74, 6) is 2.54. The predicted octanol–water partition coefficient (Wildman–Crippen LogP) is 2.05. The van der Waals surface area contributed by atoms with Crippen LogP contribution in [0.5, 0.6) is 0 Å². The quantitative estimate of drug-likeness (QED) is 0.465. The molecule has 1 nitrogen and oxygen atoms in total. The van der Waals surface area contributed by atoms with E-state index in [0.29, 0.717) is 0 Å². The van der Waals surface area contributed by atoms with Crippen molar-refractivity contribution in [1.29, 1.82) is 0 Å². The largest absolute Gasteiger partial charge is 0.272 e. The van der Waals surface area contributed by atoms with E-state index in [1.807, 2.05) is 6.08 Å². The number of allylic oxidation sites excluding steroid dienone is 1. The lowest BCUT2D eigenvalue weighted by molar-refractivity contribution is 0.499. The van der Waals surface area contributed by atoms with Gasteiger partial charge in [0.1, 0.15) is 5.71 Å². The normalized spacial score (nSPS) is 17.3. The molecule has 1 rings (SSSR count). The van der Waals surface area contributed by atoms with Crippen LogP contribution in [0.25, 0.3) is 0 Å². The lowest BCUT2D eigenvalue weighted by Gasteiger charge is -2.18. The smallest absolute Gasteiger partial charge is 0.107 e. The van der Waals surface area contributed by atoms with Crippen LogP contribution < -0.4 is 0 Å². The molecule has 0 saturated carbocycles. The molecule has 1 heterocycles. The lowest BCUT2D eigenvalue weighted by atomic mass is 9.87. The second-order valence-electron chi connectivity index (χ2n) is 3.77. The molecule has 58 valence electrons. The molecule has 1 aliphatic rings. The average molecular weight is 147 g/mol. The summed E-state index contributed by atoms with van der Waals surface area (Å²) in [4.78, 5) is 4.19. The van der Waals surface area contributed by atoms with E-state index in [0.717, 1.165) is 12.3 Å². The molecule has 11 heavy (non-hydrogen) atoms. The van der Waals surface area contributed by atoms with Crippen molar-refractivity contribution in [3.05, 3.63) is 11.6 Å². The highest BCUT2D eigenvalue weighted by atomic mass is 14.8. The first-order chi connectivity index (χ1) is 5.04. The topological polar surface area (TPSA) is 12.4 Å². The Morgan fingerprint density at radius 3 is 2.45 bits per heavy atom. The molecule has 0 aromatic carbocycles. The van der Waals surface area contributed by atoms with E-state index in [4.69, 9.17) is 6.42 Å². The van der Waals surface area contributed by atoms with E-state index in [2.05, 4.69) is 31.7 Å². The Hall–Kier alpha value is -1.03. The molecule has 0 atom stereocenters. The molecule has 0 bridgehead atoms. The highest BCUT2D eigenvalue weighted by Gasteiger charge is 2.19. The van der Waals surface area contributed by atoms with Crippen LogP contribution in [0, 0.1) is 17.8 Å². The van der Waals surface area contributed by atoms with Gasteiger partial charge in [0.25, 0.3) is 0 Å². The Labute approximate surface area is 68.2 Å². The van der Waals surface area contributed by atoms with Crippen molar-refractivity contribution in [2.24, 2.45) is 10.4 Å². The third-order valence-corrected chi connectivity index (χ3v) is 1.84. The van der Waals surface area contributed by atoms with Gasteiger partial charge in [-0.1, -0.05) is 26.7 Å². The van der Waals surface area contributed by atoms with Crippen molar-refractivity contribution in [2.75, 3.05) is 6.54 Å². The molecule has 0 radical (unpaired) electrons. The molecule has 0 saturated heterocycles. The van der Waals surface area contributed by atoms with Gasteiger partial charge in [-0.2, -0.15) is 0 Å². The Balaban J connectivity index is 2.79. The number of nitrogens with zero attached hydrogens (tertiary/aromatic N) is 1. The molecule has 0 aromatic rings. The summed E-state index contributed by atoms with van der Waals surface area (Å²) in [5.41, 5.74) is 2.32. The van der Waals surface area contributed by atoms with E-state index in [-0.39, 0.29) is 5.41 Å². The number of hydrogen-bond donors (Lipinski definition) is 0. The molecule has 0 N–H and O–H groups in total. The van der Waals surface area contributed by atoms with Crippen molar-refractivity contribution in [1.82, 2.24) is 0 Å². The van der Waals surface area contributed by atoms with Crippen molar-refractivity contribution in [3.8, 4) is 12.3 Å². The molecule has 0 aromatic heterocycles. The van der Waals surface area contributed by atoms with Gasteiger partial charge in [0.15, 0.2) is 0 Å². The first kappa shape index (κ1) is 8.07. The van der Waals surface area contributed by atoms with E-state index in [9.17, 15) is 0 Å². The fraction of sp³-hybridized carbons (Fsp3) is 0.500. The highest BCUT2D eigenvalue weighted by molar-refractivity contribution is 6.10. The van der Waals surface area contributed by atoms with Gasteiger partial charge in [-0.15, -0.1) is 6.42 Å². The van der Waals surface area contributed by atoms with Crippen LogP contribution in [0.2, 0.25) is 0 Å². The highest BCUT2D eigenvalue weighted by Crippen LogP contribution is 2.27. The van der Waals surface area contributed by atoms with Crippen LogP contribution in [-0.2, 0) is 0 Å². The third-order valence-electron chi connectivity index (χ3n) is 1.84. The standard InChI is InChI=1S/C10H13N/c1-5-9-6-8(7-11-9)10(2,3)4/h1,6H,7H2,2-4H3. The molecule has 0 aliphatic carbocycles. The van der Waals surface area contributed by atoms with Gasteiger partial charge < -0.3 is 0 Å². The van der Waals surface area contributed by atoms with E-state index in [1.54, 1.807) is 0 Å². The van der Waals surface area contributed by atoms with E-state index >= 15 is 0 Å². The summed E-state index contributed by atoms with van der Waals surface area (Å²) in [7, 11) is 0. The first-order valence-corrected chi connectivity index (χ1v) is 3.76. The second kappa shape index (κ2) is 2.54. The molecular formula is C10H13N. The predicted molar refractivity (Wildman–Crippen MR) is 48.7 cm³/mol. The maximum Gasteiger partial charge on any atom is 0.107 e. The Kier molecular flexibility index (Phi) is 1.87. The third kappa shape index (κ3) is 1.71. The van der Waals surface area contributed by atoms with Crippen LogP contribution in [0.15, 0.2) is 16.6 Å². The minimum atomic E-state index is 0.210. The molecule has 0 unspecified atom stereocenters. The monoisotopic (exact) mass is 147 g/mol. The van der Waals surface area contributed by atoms with Crippen LogP contribution in [-0.4, -0.2) is 12.3 Å². The molecule has 1 heteroatoms. The second-order valence-corrected chi connectivity index (χ2v) is 3.77. The number of aliphatic imine (C=N–C) groups is 1. The Bertz CT molecular complexity index is 256. The van der Waals surface area contributed by atoms with Crippen molar-refractivity contribution >= 4 is 5.71 Å². The average Bonchev–Trinajstić information content (AvgIpc) is 2.32. The van der Waals surface area contributed by atoms with Gasteiger partial charge in [-0.3, -0.25) is 4.99 Å². The summed E-state index contributed by atoms with van der Waals surface area (Å²) in [6, 6.07) is 0. The van der Waals surface area contributed by atoms with Crippen molar-refractivity contribution < 1.29 is 0 Å². The lowest BCUT2D eigenvalue weighted by Crippen LogP contribution is -2.09.